The molecule has 0 aromatic heterocycles. The lowest BCUT2D eigenvalue weighted by Gasteiger charge is -2.13. The maximum Gasteiger partial charge on any atom is 0.0540 e. The maximum atomic E-state index is 4.48. The molecule has 0 rings (SSSR count). The van der Waals surface area contributed by atoms with Crippen LogP contribution in [0, 0.1) is 5.92 Å². The number of allylic oxidation sites excluding steroid dienone is 2. The second kappa shape index (κ2) is 7.19. The highest BCUT2D eigenvalue weighted by atomic mass is 32.2. The summed E-state index contributed by atoms with van der Waals surface area (Å²) in [4.78, 5) is 0. The van der Waals surface area contributed by atoms with E-state index in [2.05, 4.69) is 38.2 Å². The molecule has 0 radical (unpaired) electrons. The van der Waals surface area contributed by atoms with E-state index in [1.165, 1.54) is 24.1 Å². The number of hydrogen-bond acceptors (Lipinski definition) is 2. The van der Waals surface area contributed by atoms with E-state index in [0.717, 1.165) is 0 Å². The predicted molar refractivity (Wildman–Crippen MR) is 64.5 cm³/mol. The smallest absolute Gasteiger partial charge is 0.0540 e. The van der Waals surface area contributed by atoms with Crippen molar-refractivity contribution in [1.82, 2.24) is 0 Å². The zero-order valence-corrected chi connectivity index (χ0v) is 10.2. The van der Waals surface area contributed by atoms with Gasteiger partial charge in [-0.15, -0.1) is 0 Å². The van der Waals surface area contributed by atoms with Crippen molar-refractivity contribution in [3.8, 4) is 0 Å². The molecule has 76 valence electrons. The van der Waals surface area contributed by atoms with Gasteiger partial charge in [-0.05, 0) is 43.7 Å². The minimum atomic E-state index is 0.591. The lowest BCUT2D eigenvalue weighted by atomic mass is 9.95. The van der Waals surface area contributed by atoms with E-state index < -0.39 is 0 Å². The molecule has 0 spiro atoms. The fourth-order valence-corrected chi connectivity index (χ4v) is 1.89. The molecule has 0 fully saturated rings. The first-order valence-electron chi connectivity index (χ1n) is 4.91. The van der Waals surface area contributed by atoms with Gasteiger partial charge in [0.05, 0.1) is 5.71 Å². The summed E-state index contributed by atoms with van der Waals surface area (Å²) in [6.45, 7) is 8.69. The summed E-state index contributed by atoms with van der Waals surface area (Å²) in [5.41, 5.74) is 2.58. The minimum absolute atomic E-state index is 0.591. The molecule has 1 unspecified atom stereocenters. The summed E-state index contributed by atoms with van der Waals surface area (Å²) < 4.78 is 4.48. The van der Waals surface area contributed by atoms with Gasteiger partial charge in [-0.25, -0.2) is 4.40 Å². The van der Waals surface area contributed by atoms with Crippen molar-refractivity contribution in [2.24, 2.45) is 10.3 Å². The van der Waals surface area contributed by atoms with Gasteiger partial charge in [0.1, 0.15) is 0 Å². The molecule has 0 aromatic carbocycles. The van der Waals surface area contributed by atoms with E-state index in [4.69, 9.17) is 0 Å². The third-order valence-corrected chi connectivity index (χ3v) is 2.59. The van der Waals surface area contributed by atoms with Crippen molar-refractivity contribution in [2.75, 3.05) is 6.26 Å². The molecule has 0 saturated carbocycles. The Morgan fingerprint density at radius 1 is 1.54 bits per heavy atom. The van der Waals surface area contributed by atoms with Crippen LogP contribution in [0.1, 0.15) is 40.5 Å². The van der Waals surface area contributed by atoms with Crippen molar-refractivity contribution >= 4 is 17.7 Å². The van der Waals surface area contributed by atoms with Crippen LogP contribution >= 0.6 is 11.9 Å². The Morgan fingerprint density at radius 3 is 2.54 bits per heavy atom. The van der Waals surface area contributed by atoms with Crippen LogP contribution in [0.3, 0.4) is 0 Å². The third-order valence-electron chi connectivity index (χ3n) is 2.22. The molecular formula is C11H21NS. The first kappa shape index (κ1) is 12.8. The standard InChI is InChI=1S/C11H21NS/c1-6-8-10(4)11(12-13-5)9(3)7-2/h7,10H,6,8H2,1-5H3/b9-7-,12-11+. The Morgan fingerprint density at radius 2 is 2.15 bits per heavy atom. The van der Waals surface area contributed by atoms with Gasteiger partial charge in [0, 0.05) is 6.26 Å². The van der Waals surface area contributed by atoms with Crippen molar-refractivity contribution in [1.29, 1.82) is 0 Å². The van der Waals surface area contributed by atoms with Gasteiger partial charge < -0.3 is 0 Å². The van der Waals surface area contributed by atoms with Crippen LogP contribution in [0.4, 0.5) is 0 Å². The van der Waals surface area contributed by atoms with Crippen LogP contribution in [0.2, 0.25) is 0 Å². The molecule has 0 amide bonds. The average Bonchev–Trinajstić information content (AvgIpc) is 2.13. The summed E-state index contributed by atoms with van der Waals surface area (Å²) in [6, 6.07) is 0. The Labute approximate surface area is 86.9 Å². The molecular weight excluding hydrogens is 178 g/mol. The molecule has 0 aliphatic heterocycles. The molecule has 13 heavy (non-hydrogen) atoms. The lowest BCUT2D eigenvalue weighted by Crippen LogP contribution is -2.11. The van der Waals surface area contributed by atoms with Crippen LogP contribution in [-0.4, -0.2) is 12.0 Å². The van der Waals surface area contributed by atoms with Crippen molar-refractivity contribution < 1.29 is 0 Å². The number of hydrogen-bond donors (Lipinski definition) is 0. The van der Waals surface area contributed by atoms with Crippen LogP contribution < -0.4 is 0 Å². The van der Waals surface area contributed by atoms with Gasteiger partial charge in [0.25, 0.3) is 0 Å². The quantitative estimate of drug-likeness (QED) is 0.479. The normalized spacial score (nSPS) is 16.1. The Kier molecular flexibility index (Phi) is 7.06. The zero-order valence-electron chi connectivity index (χ0n) is 9.42. The van der Waals surface area contributed by atoms with E-state index in [1.807, 2.05) is 6.26 Å². The highest BCUT2D eigenvalue weighted by Crippen LogP contribution is 2.16. The van der Waals surface area contributed by atoms with E-state index in [1.54, 1.807) is 11.9 Å². The zero-order chi connectivity index (χ0) is 10.3. The van der Waals surface area contributed by atoms with Gasteiger partial charge in [-0.2, -0.15) is 0 Å². The van der Waals surface area contributed by atoms with Gasteiger partial charge in [-0.1, -0.05) is 26.3 Å². The second-order valence-electron chi connectivity index (χ2n) is 3.32. The SMILES string of the molecule is C/C=C(C)\C(=N/SC)C(C)CCC. The number of rotatable bonds is 5. The molecule has 0 bridgehead atoms. The molecule has 0 aliphatic rings. The summed E-state index contributed by atoms with van der Waals surface area (Å²) in [6.07, 6.45) is 6.61. The molecule has 0 aliphatic carbocycles. The number of nitrogens with zero attached hydrogens (tertiary/aromatic N) is 1. The summed E-state index contributed by atoms with van der Waals surface area (Å²) >= 11 is 1.55. The van der Waals surface area contributed by atoms with E-state index in [9.17, 15) is 0 Å². The highest BCUT2D eigenvalue weighted by molar-refractivity contribution is 7.97. The minimum Gasteiger partial charge on any atom is -0.221 e. The molecule has 0 N–H and O–H groups in total. The average molecular weight is 199 g/mol. The maximum absolute atomic E-state index is 4.48. The Balaban J connectivity index is 4.51. The fraction of sp³-hybridized carbons (Fsp3) is 0.727. The van der Waals surface area contributed by atoms with E-state index in [0.29, 0.717) is 5.92 Å². The van der Waals surface area contributed by atoms with Gasteiger partial charge in [-0.3, -0.25) is 0 Å². The molecule has 0 aromatic rings. The third kappa shape index (κ3) is 4.51. The van der Waals surface area contributed by atoms with Gasteiger partial charge in [0.2, 0.25) is 0 Å². The molecule has 2 heteroatoms. The van der Waals surface area contributed by atoms with Crippen LogP contribution in [0.25, 0.3) is 0 Å². The fourth-order valence-electron chi connectivity index (χ4n) is 1.37. The molecule has 1 nitrogen and oxygen atoms in total. The molecule has 1 atom stereocenters. The second-order valence-corrected chi connectivity index (χ2v) is 3.87. The lowest BCUT2D eigenvalue weighted by molar-refractivity contribution is 0.667. The van der Waals surface area contributed by atoms with Crippen LogP contribution in [0.5, 0.6) is 0 Å². The highest BCUT2D eigenvalue weighted by Gasteiger charge is 2.10. The van der Waals surface area contributed by atoms with Crippen molar-refractivity contribution in [3.63, 3.8) is 0 Å². The van der Waals surface area contributed by atoms with Crippen molar-refractivity contribution in [3.05, 3.63) is 11.6 Å². The molecule has 0 saturated heterocycles. The van der Waals surface area contributed by atoms with E-state index in [-0.39, 0.29) is 0 Å². The van der Waals surface area contributed by atoms with Crippen LogP contribution in [-0.2, 0) is 0 Å². The Hall–Kier alpha value is -0.240. The van der Waals surface area contributed by atoms with Crippen LogP contribution in [0.15, 0.2) is 16.0 Å². The first-order chi connectivity index (χ1) is 6.17. The topological polar surface area (TPSA) is 12.4 Å². The molecule has 0 heterocycles. The Bertz CT molecular complexity index is 194. The van der Waals surface area contributed by atoms with Gasteiger partial charge in [0.15, 0.2) is 0 Å². The summed E-state index contributed by atoms with van der Waals surface area (Å²) in [5.74, 6) is 0.591. The van der Waals surface area contributed by atoms with Crippen molar-refractivity contribution in [2.45, 2.75) is 40.5 Å². The summed E-state index contributed by atoms with van der Waals surface area (Å²) in [7, 11) is 0. The first-order valence-corrected chi connectivity index (χ1v) is 6.09. The predicted octanol–water partition coefficient (Wildman–Crippen LogP) is 4.11. The summed E-state index contributed by atoms with van der Waals surface area (Å²) in [5, 5.41) is 0. The largest absolute Gasteiger partial charge is 0.221 e. The van der Waals surface area contributed by atoms with Gasteiger partial charge >= 0.3 is 0 Å². The van der Waals surface area contributed by atoms with E-state index >= 15 is 0 Å². The monoisotopic (exact) mass is 199 g/mol.